The maximum atomic E-state index is 4.60. The second kappa shape index (κ2) is 14.1. The Balaban J connectivity index is 0.000000181. The monoisotopic (exact) mass is 608 g/mol. The van der Waals surface area contributed by atoms with Crippen molar-refractivity contribution in [1.29, 1.82) is 0 Å². The second-order valence-electron chi connectivity index (χ2n) is 11.6. The van der Waals surface area contributed by atoms with Gasteiger partial charge in [-0.15, -0.1) is 10.2 Å². The maximum Gasteiger partial charge on any atom is 0.130 e. The van der Waals surface area contributed by atoms with Gasteiger partial charge in [0.25, 0.3) is 0 Å². The highest BCUT2D eigenvalue weighted by molar-refractivity contribution is 5.52. The fraction of sp³-hybridized carbons (Fsp3) is 0.211. The smallest absolute Gasteiger partial charge is 0.130 e. The fourth-order valence-corrected chi connectivity index (χ4v) is 4.87. The Morgan fingerprint density at radius 1 is 0.370 bits per heavy atom. The molecule has 0 aliphatic rings. The minimum absolute atomic E-state index is 0.825. The van der Waals surface area contributed by atoms with Crippen molar-refractivity contribution in [3.8, 4) is 11.4 Å². The summed E-state index contributed by atoms with van der Waals surface area (Å²) in [5.41, 5.74) is 14.0. The Bertz CT molecular complexity index is 1830. The molecule has 46 heavy (non-hydrogen) atoms. The van der Waals surface area contributed by atoms with E-state index in [0.29, 0.717) is 0 Å². The van der Waals surface area contributed by atoms with Gasteiger partial charge in [0, 0.05) is 0 Å². The number of nitrogens with zero attached hydrogens (tertiary/aromatic N) is 8. The summed E-state index contributed by atoms with van der Waals surface area (Å²) in [7, 11) is 0. The predicted molar refractivity (Wildman–Crippen MR) is 186 cm³/mol. The van der Waals surface area contributed by atoms with Crippen molar-refractivity contribution in [2.45, 2.75) is 55.4 Å². The molecule has 0 radical (unpaired) electrons. The van der Waals surface area contributed by atoms with Gasteiger partial charge >= 0.3 is 0 Å². The first kappa shape index (κ1) is 31.9. The molecule has 0 bridgehead atoms. The van der Waals surface area contributed by atoms with Crippen molar-refractivity contribution in [3.05, 3.63) is 142 Å². The van der Waals surface area contributed by atoms with Gasteiger partial charge in [0.05, 0.1) is 45.5 Å². The van der Waals surface area contributed by atoms with E-state index >= 15 is 0 Å². The third-order valence-corrected chi connectivity index (χ3v) is 7.66. The lowest BCUT2D eigenvalue weighted by Crippen LogP contribution is -1.98. The third kappa shape index (κ3) is 7.58. The normalized spacial score (nSPS) is 11.3. The van der Waals surface area contributed by atoms with Gasteiger partial charge in [-0.3, -0.25) is 0 Å². The van der Waals surface area contributed by atoms with E-state index in [-0.39, 0.29) is 0 Å². The van der Waals surface area contributed by atoms with Gasteiger partial charge in [-0.2, -0.15) is 20.4 Å². The van der Waals surface area contributed by atoms with E-state index in [1.54, 1.807) is 0 Å². The Kier molecular flexibility index (Phi) is 9.76. The minimum Gasteiger partial charge on any atom is -0.236 e. The van der Waals surface area contributed by atoms with Crippen LogP contribution in [-0.4, -0.2) is 19.6 Å². The molecule has 0 aliphatic heterocycles. The van der Waals surface area contributed by atoms with E-state index in [2.05, 4.69) is 107 Å². The van der Waals surface area contributed by atoms with Crippen LogP contribution in [0.1, 0.15) is 45.0 Å². The average Bonchev–Trinajstić information content (AvgIpc) is 3.50. The predicted octanol–water partition coefficient (Wildman–Crippen LogP) is 11.0. The van der Waals surface area contributed by atoms with Gasteiger partial charge in [0.2, 0.25) is 0 Å². The van der Waals surface area contributed by atoms with Crippen molar-refractivity contribution in [1.82, 2.24) is 19.6 Å². The molecule has 0 N–H and O–H groups in total. The molecule has 0 saturated heterocycles. The molecule has 0 amide bonds. The summed E-state index contributed by atoms with van der Waals surface area (Å²) in [6.45, 7) is 16.2. The van der Waals surface area contributed by atoms with Gasteiger partial charge in [0.15, 0.2) is 0 Å². The average molecular weight is 609 g/mol. The lowest BCUT2D eigenvalue weighted by Gasteiger charge is -2.04. The highest BCUT2D eigenvalue weighted by atomic mass is 15.3. The van der Waals surface area contributed by atoms with Crippen LogP contribution in [0.2, 0.25) is 0 Å². The molecule has 0 unspecified atom stereocenters. The van der Waals surface area contributed by atoms with Crippen LogP contribution in [-0.2, 0) is 0 Å². The molecule has 0 saturated carbocycles. The first-order valence-corrected chi connectivity index (χ1v) is 15.3. The molecule has 8 nitrogen and oxygen atoms in total. The van der Waals surface area contributed by atoms with Gasteiger partial charge in [-0.1, -0.05) is 70.8 Å². The maximum absolute atomic E-state index is 4.60. The fourth-order valence-electron chi connectivity index (χ4n) is 4.87. The minimum atomic E-state index is 0.825. The number of rotatable bonds is 6. The lowest BCUT2D eigenvalue weighted by molar-refractivity contribution is 0.833. The Morgan fingerprint density at radius 2 is 0.652 bits per heavy atom. The van der Waals surface area contributed by atoms with Crippen LogP contribution < -0.4 is 0 Å². The summed E-state index contributed by atoms with van der Waals surface area (Å²) in [6.07, 6.45) is 0. The lowest BCUT2D eigenvalue weighted by atomic mass is 10.2. The van der Waals surface area contributed by atoms with E-state index < -0.39 is 0 Å². The summed E-state index contributed by atoms with van der Waals surface area (Å²) in [5, 5.41) is 26.7. The molecular formula is C38H40N8. The zero-order valence-electron chi connectivity index (χ0n) is 27.8. The van der Waals surface area contributed by atoms with Crippen LogP contribution in [0.5, 0.6) is 0 Å². The molecule has 6 aromatic rings. The van der Waals surface area contributed by atoms with Crippen molar-refractivity contribution >= 4 is 22.7 Å². The molecule has 0 aliphatic carbocycles. The number of aryl methyl sites for hydroxylation is 6. The second-order valence-corrected chi connectivity index (χ2v) is 11.6. The molecule has 2 heterocycles. The van der Waals surface area contributed by atoms with Crippen molar-refractivity contribution in [2.24, 2.45) is 20.5 Å². The van der Waals surface area contributed by atoms with E-state index in [4.69, 9.17) is 0 Å². The van der Waals surface area contributed by atoms with Crippen LogP contribution in [0, 0.1) is 55.4 Å². The molecule has 0 spiro atoms. The van der Waals surface area contributed by atoms with E-state index in [0.717, 1.165) is 56.9 Å². The summed E-state index contributed by atoms with van der Waals surface area (Å²) in [5.74, 6) is 0. The highest BCUT2D eigenvalue weighted by Crippen LogP contribution is 2.29. The van der Waals surface area contributed by atoms with Gasteiger partial charge < -0.3 is 0 Å². The first-order valence-electron chi connectivity index (χ1n) is 15.3. The summed E-state index contributed by atoms with van der Waals surface area (Å²) in [6, 6.07) is 32.6. The summed E-state index contributed by atoms with van der Waals surface area (Å²) in [4.78, 5) is 0. The van der Waals surface area contributed by atoms with E-state index in [1.165, 1.54) is 22.3 Å². The van der Waals surface area contributed by atoms with Gasteiger partial charge in [-0.05, 0) is 104 Å². The summed E-state index contributed by atoms with van der Waals surface area (Å²) >= 11 is 0. The molecule has 232 valence electrons. The number of aromatic nitrogens is 4. The third-order valence-electron chi connectivity index (χ3n) is 7.66. The number of hydrogen-bond acceptors (Lipinski definition) is 6. The van der Waals surface area contributed by atoms with Crippen LogP contribution >= 0.6 is 0 Å². The Hall–Kier alpha value is -5.50. The SMILES string of the molecule is Cc1ccc(N=Nc2c(C)nn(-c3ccc(C)cc3)c2C)cc1.Cc1ccc(N=Nc2c(C)nn(-c3ccc(C)cc3)c2C)cc1. The molecule has 2 aromatic heterocycles. The quantitative estimate of drug-likeness (QED) is 0.176. The molecule has 0 atom stereocenters. The Labute approximate surface area is 271 Å². The van der Waals surface area contributed by atoms with Crippen LogP contribution in [0.25, 0.3) is 11.4 Å². The van der Waals surface area contributed by atoms with Crippen molar-refractivity contribution < 1.29 is 0 Å². The zero-order chi connectivity index (χ0) is 32.8. The van der Waals surface area contributed by atoms with Crippen molar-refractivity contribution in [3.63, 3.8) is 0 Å². The first-order chi connectivity index (χ1) is 22.1. The van der Waals surface area contributed by atoms with Gasteiger partial charge in [-0.25, -0.2) is 9.36 Å². The zero-order valence-corrected chi connectivity index (χ0v) is 27.8. The topological polar surface area (TPSA) is 85.1 Å². The van der Waals surface area contributed by atoms with Crippen LogP contribution in [0.3, 0.4) is 0 Å². The number of hydrogen-bond donors (Lipinski definition) is 0. The summed E-state index contributed by atoms with van der Waals surface area (Å²) < 4.78 is 3.83. The van der Waals surface area contributed by atoms with E-state index in [1.807, 2.05) is 85.6 Å². The molecule has 6 rings (SSSR count). The van der Waals surface area contributed by atoms with Gasteiger partial charge in [0.1, 0.15) is 11.4 Å². The molecular weight excluding hydrogens is 568 g/mol. The van der Waals surface area contributed by atoms with E-state index in [9.17, 15) is 0 Å². The standard InChI is InChI=1S/2C19H20N4/c2*1-13-5-9-17(10-6-13)20-21-19-15(3)22-23(16(19)4)18-11-7-14(2)8-12-18/h2*5-12H,1-4H3. The molecule has 0 fully saturated rings. The molecule has 8 heteroatoms. The highest BCUT2D eigenvalue weighted by Gasteiger charge is 2.13. The van der Waals surface area contributed by atoms with Crippen LogP contribution in [0.4, 0.5) is 22.7 Å². The largest absolute Gasteiger partial charge is 0.236 e. The number of benzene rings is 4. The molecule has 4 aromatic carbocycles. The number of azo groups is 2. The van der Waals surface area contributed by atoms with Crippen molar-refractivity contribution in [2.75, 3.05) is 0 Å². The Morgan fingerprint density at radius 3 is 0.957 bits per heavy atom. The van der Waals surface area contributed by atoms with Crippen LogP contribution in [0.15, 0.2) is 118 Å².